The first kappa shape index (κ1) is 16.0. The van der Waals surface area contributed by atoms with Crippen molar-refractivity contribution in [2.24, 2.45) is 11.8 Å². The van der Waals surface area contributed by atoms with Crippen LogP contribution in [0, 0.1) is 22.0 Å². The molecule has 0 amide bonds. The van der Waals surface area contributed by atoms with Gasteiger partial charge in [0.2, 0.25) is 0 Å². The first-order valence-corrected chi connectivity index (χ1v) is 8.04. The zero-order valence-electron chi connectivity index (χ0n) is 13.0. The van der Waals surface area contributed by atoms with Crippen molar-refractivity contribution < 1.29 is 4.92 Å². The number of hydrogen-bond acceptors (Lipinski definition) is 3. The normalized spacial score (nSPS) is 25.7. The van der Waals surface area contributed by atoms with Crippen molar-refractivity contribution in [1.29, 1.82) is 0 Å². The lowest BCUT2D eigenvalue weighted by atomic mass is 9.75. The molecule has 1 saturated carbocycles. The Bertz CT molecular complexity index is 458. The summed E-state index contributed by atoms with van der Waals surface area (Å²) in [5.74, 6) is 1.60. The molecular weight excluding hydrogens is 264 g/mol. The lowest BCUT2D eigenvalue weighted by Gasteiger charge is -2.36. The topological polar surface area (TPSA) is 55.2 Å². The summed E-state index contributed by atoms with van der Waals surface area (Å²) in [6.45, 7) is 2.29. The molecule has 3 atom stereocenters. The van der Waals surface area contributed by atoms with Gasteiger partial charge in [0.05, 0.1) is 4.92 Å². The summed E-state index contributed by atoms with van der Waals surface area (Å²) in [4.78, 5) is 10.3. The summed E-state index contributed by atoms with van der Waals surface area (Å²) in [5.41, 5.74) is 1.38. The molecule has 0 radical (unpaired) electrons. The van der Waals surface area contributed by atoms with Crippen molar-refractivity contribution in [3.63, 3.8) is 0 Å². The van der Waals surface area contributed by atoms with Crippen LogP contribution in [0.3, 0.4) is 0 Å². The van der Waals surface area contributed by atoms with Crippen LogP contribution in [-0.2, 0) is 6.42 Å². The Morgan fingerprint density at radius 2 is 2.00 bits per heavy atom. The van der Waals surface area contributed by atoms with Crippen molar-refractivity contribution in [2.75, 3.05) is 7.05 Å². The Kier molecular flexibility index (Phi) is 5.74. The largest absolute Gasteiger partial charge is 0.317 e. The van der Waals surface area contributed by atoms with Crippen LogP contribution in [0.5, 0.6) is 0 Å². The van der Waals surface area contributed by atoms with E-state index in [0.717, 1.165) is 18.3 Å². The summed E-state index contributed by atoms with van der Waals surface area (Å²) >= 11 is 0. The molecule has 4 nitrogen and oxygen atoms in total. The lowest BCUT2D eigenvalue weighted by Crippen LogP contribution is -2.38. The highest BCUT2D eigenvalue weighted by atomic mass is 16.6. The number of nitro groups is 1. The standard InChI is InChI=1S/C17H26N2O2/c1-3-13-7-11-17(18-2)15(12-13)8-4-14-5-9-16(10-6-14)19(20)21/h5-6,9-10,13,15,17-18H,3-4,7-8,11-12H2,1-2H3. The first-order valence-electron chi connectivity index (χ1n) is 8.04. The number of nitrogens with zero attached hydrogens (tertiary/aromatic N) is 1. The van der Waals surface area contributed by atoms with Crippen molar-refractivity contribution in [3.05, 3.63) is 39.9 Å². The van der Waals surface area contributed by atoms with Gasteiger partial charge < -0.3 is 5.32 Å². The van der Waals surface area contributed by atoms with Crippen molar-refractivity contribution in [3.8, 4) is 0 Å². The van der Waals surface area contributed by atoms with Crippen LogP contribution in [0.1, 0.15) is 44.6 Å². The first-order chi connectivity index (χ1) is 10.1. The summed E-state index contributed by atoms with van der Waals surface area (Å²) < 4.78 is 0. The van der Waals surface area contributed by atoms with Gasteiger partial charge >= 0.3 is 0 Å². The molecule has 1 fully saturated rings. The second kappa shape index (κ2) is 7.55. The number of non-ortho nitro benzene ring substituents is 1. The summed E-state index contributed by atoms with van der Waals surface area (Å²) in [7, 11) is 2.07. The Balaban J connectivity index is 1.92. The molecule has 116 valence electrons. The molecule has 2 rings (SSSR count). The number of rotatable bonds is 6. The van der Waals surface area contributed by atoms with Gasteiger partial charge in [-0.1, -0.05) is 25.5 Å². The van der Waals surface area contributed by atoms with Crippen LogP contribution in [-0.4, -0.2) is 18.0 Å². The average Bonchev–Trinajstić information content (AvgIpc) is 2.52. The maximum atomic E-state index is 10.7. The van der Waals surface area contributed by atoms with Gasteiger partial charge in [0.15, 0.2) is 0 Å². The van der Waals surface area contributed by atoms with E-state index in [9.17, 15) is 10.1 Å². The lowest BCUT2D eigenvalue weighted by molar-refractivity contribution is -0.384. The number of benzene rings is 1. The molecule has 21 heavy (non-hydrogen) atoms. The van der Waals surface area contributed by atoms with Crippen LogP contribution >= 0.6 is 0 Å². The highest BCUT2D eigenvalue weighted by Crippen LogP contribution is 2.34. The predicted molar refractivity (Wildman–Crippen MR) is 85.4 cm³/mol. The second-order valence-corrected chi connectivity index (χ2v) is 6.20. The van der Waals surface area contributed by atoms with Gasteiger partial charge in [0, 0.05) is 18.2 Å². The zero-order chi connectivity index (χ0) is 15.2. The number of nitrogens with one attached hydrogen (secondary N) is 1. The minimum atomic E-state index is -0.339. The fraction of sp³-hybridized carbons (Fsp3) is 0.647. The molecule has 4 heteroatoms. The number of aryl methyl sites for hydroxylation is 1. The quantitative estimate of drug-likeness (QED) is 0.637. The smallest absolute Gasteiger partial charge is 0.269 e. The minimum absolute atomic E-state index is 0.176. The molecule has 0 saturated heterocycles. The Morgan fingerprint density at radius 1 is 1.29 bits per heavy atom. The van der Waals surface area contributed by atoms with Crippen molar-refractivity contribution in [1.82, 2.24) is 5.32 Å². The Hall–Kier alpha value is -1.42. The van der Waals surface area contributed by atoms with Crippen LogP contribution in [0.2, 0.25) is 0 Å². The molecule has 0 aliphatic heterocycles. The third-order valence-corrected chi connectivity index (χ3v) is 4.99. The van der Waals surface area contributed by atoms with E-state index in [4.69, 9.17) is 0 Å². The Labute approximate surface area is 127 Å². The van der Waals surface area contributed by atoms with E-state index in [1.54, 1.807) is 12.1 Å². The summed E-state index contributed by atoms with van der Waals surface area (Å²) in [6.07, 6.45) is 7.40. The van der Waals surface area contributed by atoms with E-state index >= 15 is 0 Å². The molecule has 1 aliphatic rings. The third-order valence-electron chi connectivity index (χ3n) is 4.99. The molecule has 1 aliphatic carbocycles. The van der Waals surface area contributed by atoms with E-state index < -0.39 is 0 Å². The van der Waals surface area contributed by atoms with Gasteiger partial charge in [0.1, 0.15) is 0 Å². The van der Waals surface area contributed by atoms with Crippen molar-refractivity contribution in [2.45, 2.75) is 51.5 Å². The minimum Gasteiger partial charge on any atom is -0.317 e. The van der Waals surface area contributed by atoms with Crippen LogP contribution in [0.4, 0.5) is 5.69 Å². The number of hydrogen-bond donors (Lipinski definition) is 1. The third kappa shape index (κ3) is 4.27. The van der Waals surface area contributed by atoms with Gasteiger partial charge in [-0.15, -0.1) is 0 Å². The van der Waals surface area contributed by atoms with Crippen LogP contribution in [0.25, 0.3) is 0 Å². The number of nitro benzene ring substituents is 1. The predicted octanol–water partition coefficient (Wildman–Crippen LogP) is 3.94. The van der Waals surface area contributed by atoms with Gasteiger partial charge in [-0.25, -0.2) is 0 Å². The monoisotopic (exact) mass is 290 g/mol. The molecule has 1 N–H and O–H groups in total. The van der Waals surface area contributed by atoms with E-state index in [-0.39, 0.29) is 10.6 Å². The second-order valence-electron chi connectivity index (χ2n) is 6.20. The molecule has 0 aromatic heterocycles. The van der Waals surface area contributed by atoms with Crippen LogP contribution < -0.4 is 5.32 Å². The fourth-order valence-electron chi connectivity index (χ4n) is 3.57. The van der Waals surface area contributed by atoms with Gasteiger partial charge in [-0.05, 0) is 56.6 Å². The van der Waals surface area contributed by atoms with E-state index in [1.807, 2.05) is 12.1 Å². The molecule has 3 unspecified atom stereocenters. The average molecular weight is 290 g/mol. The van der Waals surface area contributed by atoms with Gasteiger partial charge in [0.25, 0.3) is 5.69 Å². The highest BCUT2D eigenvalue weighted by Gasteiger charge is 2.28. The maximum absolute atomic E-state index is 10.7. The molecule has 0 bridgehead atoms. The van der Waals surface area contributed by atoms with E-state index in [1.165, 1.54) is 37.7 Å². The summed E-state index contributed by atoms with van der Waals surface area (Å²) in [5, 5.41) is 14.1. The van der Waals surface area contributed by atoms with E-state index in [0.29, 0.717) is 6.04 Å². The maximum Gasteiger partial charge on any atom is 0.269 e. The SMILES string of the molecule is CCC1CCC(NC)C(CCc2ccc([N+](=O)[O-])cc2)C1. The highest BCUT2D eigenvalue weighted by molar-refractivity contribution is 5.32. The Morgan fingerprint density at radius 3 is 2.57 bits per heavy atom. The fourth-order valence-corrected chi connectivity index (χ4v) is 3.57. The van der Waals surface area contributed by atoms with E-state index in [2.05, 4.69) is 19.3 Å². The zero-order valence-corrected chi connectivity index (χ0v) is 13.0. The van der Waals surface area contributed by atoms with Gasteiger partial charge in [-0.3, -0.25) is 10.1 Å². The van der Waals surface area contributed by atoms with Gasteiger partial charge in [-0.2, -0.15) is 0 Å². The molecule has 1 aromatic carbocycles. The molecule has 0 heterocycles. The molecule has 1 aromatic rings. The van der Waals surface area contributed by atoms with Crippen molar-refractivity contribution >= 4 is 5.69 Å². The summed E-state index contributed by atoms with van der Waals surface area (Å²) in [6, 6.07) is 7.64. The molecule has 0 spiro atoms. The molecular formula is C17H26N2O2. The van der Waals surface area contributed by atoms with Crippen LogP contribution in [0.15, 0.2) is 24.3 Å².